The topological polar surface area (TPSA) is 76.6 Å². The molecule has 2 aromatic carbocycles. The lowest BCUT2D eigenvalue weighted by molar-refractivity contribution is 0.0909. The lowest BCUT2D eigenvalue weighted by Crippen LogP contribution is -2.26. The molecule has 0 aliphatic heterocycles. The maximum absolute atomic E-state index is 12.6. The molecule has 2 amide bonds. The molecule has 168 valence electrons. The molecule has 0 aliphatic rings. The fourth-order valence-electron chi connectivity index (χ4n) is 3.32. The summed E-state index contributed by atoms with van der Waals surface area (Å²) in [6.45, 7) is 4.20. The predicted molar refractivity (Wildman–Crippen MR) is 129 cm³/mol. The Balaban J connectivity index is 1.49. The Hall–Kier alpha value is -3.42. The van der Waals surface area contributed by atoms with Crippen molar-refractivity contribution in [3.05, 3.63) is 110 Å². The summed E-state index contributed by atoms with van der Waals surface area (Å²) in [5.41, 5.74) is 1.43. The first kappa shape index (κ1) is 22.8. The number of benzene rings is 2. The van der Waals surface area contributed by atoms with Crippen molar-refractivity contribution in [3.63, 3.8) is 0 Å². The number of nitrogens with zero attached hydrogens (tertiary/aromatic N) is 2. The second-order valence-electron chi connectivity index (χ2n) is 7.55. The Kier molecular flexibility index (Phi) is 6.91. The van der Waals surface area contributed by atoms with Crippen LogP contribution in [0.2, 0.25) is 5.02 Å². The van der Waals surface area contributed by atoms with Gasteiger partial charge in [0.2, 0.25) is 0 Å². The van der Waals surface area contributed by atoms with Gasteiger partial charge in [-0.3, -0.25) is 9.59 Å². The van der Waals surface area contributed by atoms with Gasteiger partial charge >= 0.3 is 0 Å². The van der Waals surface area contributed by atoms with E-state index >= 15 is 0 Å². The smallest absolute Gasteiger partial charge is 0.287 e. The zero-order valence-electron chi connectivity index (χ0n) is 18.1. The maximum atomic E-state index is 12.6. The lowest BCUT2D eigenvalue weighted by Gasteiger charge is -2.13. The number of hydrogen-bond acceptors (Lipinski definition) is 4. The van der Waals surface area contributed by atoms with Crippen molar-refractivity contribution in [1.29, 1.82) is 0 Å². The summed E-state index contributed by atoms with van der Waals surface area (Å²) in [7, 11) is 0. The third-order valence-electron chi connectivity index (χ3n) is 4.96. The number of halogens is 1. The third kappa shape index (κ3) is 5.69. The number of aromatic nitrogens is 1. The van der Waals surface area contributed by atoms with Gasteiger partial charge in [0.15, 0.2) is 10.6 Å². The molecular formula is C25H22ClN3O3S. The molecule has 0 saturated carbocycles. The first-order chi connectivity index (χ1) is 15.9. The maximum Gasteiger partial charge on any atom is 0.287 e. The largest absolute Gasteiger partial charge is 0.454 e. The van der Waals surface area contributed by atoms with E-state index in [4.69, 9.17) is 16.0 Å². The average molecular weight is 480 g/mol. The van der Waals surface area contributed by atoms with Crippen LogP contribution in [0.15, 0.2) is 82.3 Å². The van der Waals surface area contributed by atoms with Crippen LogP contribution in [0, 0.1) is 6.92 Å². The minimum Gasteiger partial charge on any atom is -0.454 e. The fourth-order valence-corrected chi connectivity index (χ4v) is 4.34. The van der Waals surface area contributed by atoms with Crippen LogP contribution in [0.25, 0.3) is 0 Å². The molecule has 0 bridgehead atoms. The van der Waals surface area contributed by atoms with Crippen molar-refractivity contribution in [2.24, 2.45) is 4.99 Å². The summed E-state index contributed by atoms with van der Waals surface area (Å²) < 4.78 is 7.61. The van der Waals surface area contributed by atoms with Crippen molar-refractivity contribution in [2.45, 2.75) is 26.4 Å². The highest BCUT2D eigenvalue weighted by atomic mass is 35.5. The second kappa shape index (κ2) is 10.0. The Labute approximate surface area is 200 Å². The van der Waals surface area contributed by atoms with Gasteiger partial charge in [0.1, 0.15) is 5.76 Å². The van der Waals surface area contributed by atoms with Gasteiger partial charge in [0, 0.05) is 21.7 Å². The molecule has 6 nitrogen and oxygen atoms in total. The molecule has 1 atom stereocenters. The number of aryl methyl sites for hydroxylation is 1. The highest BCUT2D eigenvalue weighted by Gasteiger charge is 2.16. The van der Waals surface area contributed by atoms with Gasteiger partial charge in [0.05, 0.1) is 12.6 Å². The van der Waals surface area contributed by atoms with E-state index in [1.807, 2.05) is 54.9 Å². The molecule has 33 heavy (non-hydrogen) atoms. The fraction of sp³-hybridized carbons (Fsp3) is 0.160. The van der Waals surface area contributed by atoms with Crippen LogP contribution in [0.3, 0.4) is 0 Å². The van der Waals surface area contributed by atoms with Crippen molar-refractivity contribution in [3.8, 4) is 0 Å². The van der Waals surface area contributed by atoms with Gasteiger partial charge < -0.3 is 14.3 Å². The first-order valence-electron chi connectivity index (χ1n) is 10.3. The summed E-state index contributed by atoms with van der Waals surface area (Å²) in [5.74, 6) is 0.156. The van der Waals surface area contributed by atoms with Crippen LogP contribution in [-0.4, -0.2) is 16.4 Å². The van der Waals surface area contributed by atoms with E-state index in [2.05, 4.69) is 10.3 Å². The van der Waals surface area contributed by atoms with E-state index in [1.165, 1.54) is 11.3 Å². The van der Waals surface area contributed by atoms with E-state index in [0.717, 1.165) is 10.4 Å². The molecule has 0 spiro atoms. The zero-order chi connectivity index (χ0) is 23.4. The predicted octanol–water partition coefficient (Wildman–Crippen LogP) is 5.38. The molecule has 2 aromatic heterocycles. The van der Waals surface area contributed by atoms with Crippen molar-refractivity contribution in [2.75, 3.05) is 0 Å². The Bertz CT molecular complexity index is 1350. The molecule has 1 unspecified atom stereocenters. The van der Waals surface area contributed by atoms with Gasteiger partial charge in [-0.2, -0.15) is 4.99 Å². The standard InChI is InChI=1S/C25H22ClN3O3S/c1-16-14-29(25(33-16)28-23(30)19-9-6-10-20(26)13-19)15-21-11-12-22(32-21)24(31)27-17(2)18-7-4-3-5-8-18/h3-14,17H,15H2,1-2H3,(H,27,31). The third-order valence-corrected chi connectivity index (χ3v) is 6.13. The number of carbonyl (C=O) groups is 2. The summed E-state index contributed by atoms with van der Waals surface area (Å²) in [6, 6.07) is 19.7. The Morgan fingerprint density at radius 3 is 2.67 bits per heavy atom. The number of nitrogens with one attached hydrogen (secondary N) is 1. The molecule has 0 radical (unpaired) electrons. The minimum atomic E-state index is -0.373. The highest BCUT2D eigenvalue weighted by molar-refractivity contribution is 7.09. The van der Waals surface area contributed by atoms with Gasteiger partial charge in [-0.15, -0.1) is 11.3 Å². The van der Waals surface area contributed by atoms with E-state index in [9.17, 15) is 9.59 Å². The number of hydrogen-bond donors (Lipinski definition) is 1. The van der Waals surface area contributed by atoms with E-state index in [1.54, 1.807) is 36.4 Å². The number of amides is 2. The Morgan fingerprint density at radius 2 is 1.91 bits per heavy atom. The lowest BCUT2D eigenvalue weighted by atomic mass is 10.1. The van der Waals surface area contributed by atoms with Gasteiger partial charge in [-0.1, -0.05) is 48.0 Å². The quantitative estimate of drug-likeness (QED) is 0.403. The van der Waals surface area contributed by atoms with Crippen molar-refractivity contribution < 1.29 is 14.0 Å². The average Bonchev–Trinajstić information content (AvgIpc) is 3.41. The molecule has 8 heteroatoms. The summed E-state index contributed by atoms with van der Waals surface area (Å²) in [4.78, 5) is 31.0. The second-order valence-corrected chi connectivity index (χ2v) is 9.20. The van der Waals surface area contributed by atoms with Crippen LogP contribution in [0.1, 0.15) is 50.1 Å². The van der Waals surface area contributed by atoms with Crippen molar-refractivity contribution >= 4 is 34.8 Å². The molecule has 2 heterocycles. The minimum absolute atomic E-state index is 0.149. The summed E-state index contributed by atoms with van der Waals surface area (Å²) in [5, 5.41) is 3.42. The van der Waals surface area contributed by atoms with Crippen LogP contribution in [0.4, 0.5) is 0 Å². The van der Waals surface area contributed by atoms with Crippen LogP contribution < -0.4 is 10.1 Å². The molecule has 0 fully saturated rings. The van der Waals surface area contributed by atoms with E-state index < -0.39 is 0 Å². The Morgan fingerprint density at radius 1 is 1.12 bits per heavy atom. The van der Waals surface area contributed by atoms with Gasteiger partial charge in [-0.25, -0.2) is 0 Å². The molecule has 1 N–H and O–H groups in total. The monoisotopic (exact) mass is 479 g/mol. The summed E-state index contributed by atoms with van der Waals surface area (Å²) >= 11 is 7.39. The van der Waals surface area contributed by atoms with Gasteiger partial charge in [-0.05, 0) is 49.7 Å². The molecular weight excluding hydrogens is 458 g/mol. The molecule has 4 rings (SSSR count). The van der Waals surface area contributed by atoms with Crippen LogP contribution in [0.5, 0.6) is 0 Å². The van der Waals surface area contributed by atoms with E-state index in [-0.39, 0.29) is 23.6 Å². The highest BCUT2D eigenvalue weighted by Crippen LogP contribution is 2.15. The molecule has 0 aliphatic carbocycles. The van der Waals surface area contributed by atoms with Crippen LogP contribution in [-0.2, 0) is 6.54 Å². The number of carbonyl (C=O) groups excluding carboxylic acids is 2. The van der Waals surface area contributed by atoms with E-state index in [0.29, 0.717) is 27.7 Å². The summed E-state index contributed by atoms with van der Waals surface area (Å²) in [6.07, 6.45) is 1.90. The van der Waals surface area contributed by atoms with Gasteiger partial charge in [0.25, 0.3) is 11.8 Å². The number of rotatable bonds is 6. The number of furan rings is 1. The van der Waals surface area contributed by atoms with Crippen LogP contribution >= 0.6 is 22.9 Å². The van der Waals surface area contributed by atoms with Crippen molar-refractivity contribution in [1.82, 2.24) is 9.88 Å². The molecule has 0 saturated heterocycles. The molecule has 4 aromatic rings. The number of thiazole rings is 1. The zero-order valence-corrected chi connectivity index (χ0v) is 19.7. The normalized spacial score (nSPS) is 12.5. The SMILES string of the molecule is Cc1cn(Cc2ccc(C(=O)NC(C)c3ccccc3)o2)c(=NC(=O)c2cccc(Cl)c2)s1. The first-order valence-corrected chi connectivity index (χ1v) is 11.5.